The molecule has 0 fully saturated rings. The summed E-state index contributed by atoms with van der Waals surface area (Å²) in [6, 6.07) is 15.1. The normalized spacial score (nSPS) is 10.6. The topological polar surface area (TPSA) is 90.1 Å². The largest absolute Gasteiger partial charge is 0.453 e. The SMILES string of the molecule is Nc1nccc(Oc2ccc(NC(=O)c3cnc(-c4ccccc4)s3)cc2F)c1Cl. The van der Waals surface area contributed by atoms with Crippen molar-refractivity contribution in [2.75, 3.05) is 11.1 Å². The first kappa shape index (κ1) is 19.8. The molecule has 2 aromatic heterocycles. The van der Waals surface area contributed by atoms with Gasteiger partial charge >= 0.3 is 0 Å². The molecule has 0 saturated heterocycles. The Morgan fingerprint density at radius 2 is 1.90 bits per heavy atom. The van der Waals surface area contributed by atoms with Gasteiger partial charge in [-0.2, -0.15) is 0 Å². The highest BCUT2D eigenvalue weighted by Crippen LogP contribution is 2.34. The number of thiazole rings is 1. The summed E-state index contributed by atoms with van der Waals surface area (Å²) in [5.74, 6) is -0.860. The number of hydrogen-bond acceptors (Lipinski definition) is 6. The Hall–Kier alpha value is -3.49. The van der Waals surface area contributed by atoms with Crippen molar-refractivity contribution in [3.8, 4) is 22.1 Å². The molecule has 0 unspecified atom stereocenters. The van der Waals surface area contributed by atoms with Gasteiger partial charge in [-0.3, -0.25) is 4.79 Å². The Morgan fingerprint density at radius 3 is 2.67 bits per heavy atom. The molecule has 4 aromatic rings. The van der Waals surface area contributed by atoms with E-state index in [2.05, 4.69) is 15.3 Å². The lowest BCUT2D eigenvalue weighted by Crippen LogP contribution is -2.10. The van der Waals surface area contributed by atoms with Crippen LogP contribution in [0.25, 0.3) is 10.6 Å². The number of halogens is 2. The van der Waals surface area contributed by atoms with Gasteiger partial charge in [-0.25, -0.2) is 14.4 Å². The van der Waals surface area contributed by atoms with E-state index >= 15 is 0 Å². The van der Waals surface area contributed by atoms with Crippen LogP contribution in [-0.4, -0.2) is 15.9 Å². The van der Waals surface area contributed by atoms with E-state index in [-0.39, 0.29) is 33.9 Å². The summed E-state index contributed by atoms with van der Waals surface area (Å²) in [5.41, 5.74) is 6.82. The number of benzene rings is 2. The fourth-order valence-corrected chi connectivity index (χ4v) is 3.55. The molecule has 150 valence electrons. The van der Waals surface area contributed by atoms with Crippen LogP contribution in [0.4, 0.5) is 15.9 Å². The van der Waals surface area contributed by atoms with Crippen LogP contribution in [0.15, 0.2) is 67.0 Å². The Labute approximate surface area is 180 Å². The van der Waals surface area contributed by atoms with Crippen LogP contribution in [0.3, 0.4) is 0 Å². The van der Waals surface area contributed by atoms with Crippen LogP contribution < -0.4 is 15.8 Å². The first-order valence-electron chi connectivity index (χ1n) is 8.71. The van der Waals surface area contributed by atoms with E-state index in [1.165, 1.54) is 41.9 Å². The van der Waals surface area contributed by atoms with Gasteiger partial charge in [0.1, 0.15) is 20.7 Å². The Morgan fingerprint density at radius 1 is 1.10 bits per heavy atom. The second-order valence-electron chi connectivity index (χ2n) is 6.11. The summed E-state index contributed by atoms with van der Waals surface area (Å²) in [6.07, 6.45) is 2.90. The molecule has 6 nitrogen and oxygen atoms in total. The van der Waals surface area contributed by atoms with Crippen molar-refractivity contribution in [1.82, 2.24) is 9.97 Å². The van der Waals surface area contributed by atoms with Gasteiger partial charge in [0, 0.05) is 29.6 Å². The van der Waals surface area contributed by atoms with Gasteiger partial charge < -0.3 is 15.8 Å². The van der Waals surface area contributed by atoms with Crippen molar-refractivity contribution in [1.29, 1.82) is 0 Å². The van der Waals surface area contributed by atoms with E-state index in [1.807, 2.05) is 30.3 Å². The molecule has 3 N–H and O–H groups in total. The highest BCUT2D eigenvalue weighted by Gasteiger charge is 2.15. The summed E-state index contributed by atoms with van der Waals surface area (Å²) < 4.78 is 19.9. The maximum Gasteiger partial charge on any atom is 0.267 e. The molecule has 0 aliphatic carbocycles. The number of amides is 1. The number of carbonyl (C=O) groups excluding carboxylic acids is 1. The molecule has 0 saturated carbocycles. The van der Waals surface area contributed by atoms with E-state index in [4.69, 9.17) is 22.1 Å². The molecule has 1 amide bonds. The zero-order valence-corrected chi connectivity index (χ0v) is 16.9. The highest BCUT2D eigenvalue weighted by molar-refractivity contribution is 7.17. The molecule has 0 bridgehead atoms. The molecule has 0 radical (unpaired) electrons. The number of carbonyl (C=O) groups is 1. The van der Waals surface area contributed by atoms with E-state index in [0.717, 1.165) is 16.6 Å². The van der Waals surface area contributed by atoms with Gasteiger partial charge in [0.15, 0.2) is 17.3 Å². The second kappa shape index (κ2) is 8.48. The molecular weight excluding hydrogens is 427 g/mol. The highest BCUT2D eigenvalue weighted by atomic mass is 35.5. The fraction of sp³-hybridized carbons (Fsp3) is 0. The van der Waals surface area contributed by atoms with E-state index in [1.54, 1.807) is 0 Å². The van der Waals surface area contributed by atoms with Crippen molar-refractivity contribution >= 4 is 40.4 Å². The molecule has 0 atom stereocenters. The van der Waals surface area contributed by atoms with Gasteiger partial charge in [-0.05, 0) is 12.1 Å². The monoisotopic (exact) mass is 440 g/mol. The van der Waals surface area contributed by atoms with Crippen molar-refractivity contribution in [2.45, 2.75) is 0 Å². The summed E-state index contributed by atoms with van der Waals surface area (Å²) in [5, 5.41) is 3.47. The maximum absolute atomic E-state index is 14.5. The number of hydrogen-bond donors (Lipinski definition) is 2. The van der Waals surface area contributed by atoms with Crippen LogP contribution in [0, 0.1) is 5.82 Å². The average Bonchev–Trinajstić information content (AvgIpc) is 3.24. The lowest BCUT2D eigenvalue weighted by Gasteiger charge is -2.10. The van der Waals surface area contributed by atoms with Gasteiger partial charge in [0.2, 0.25) is 0 Å². The molecule has 0 aliphatic rings. The number of pyridine rings is 1. The maximum atomic E-state index is 14.5. The van der Waals surface area contributed by atoms with Crippen molar-refractivity contribution in [2.24, 2.45) is 0 Å². The molecular formula is C21H14ClFN4O2S. The van der Waals surface area contributed by atoms with Crippen molar-refractivity contribution in [3.63, 3.8) is 0 Å². The Bertz CT molecular complexity index is 1220. The van der Waals surface area contributed by atoms with Gasteiger partial charge in [0.25, 0.3) is 5.91 Å². The fourth-order valence-electron chi connectivity index (χ4n) is 2.59. The average molecular weight is 441 g/mol. The first-order chi connectivity index (χ1) is 14.5. The lowest BCUT2D eigenvalue weighted by atomic mass is 10.2. The predicted molar refractivity (Wildman–Crippen MR) is 116 cm³/mol. The minimum atomic E-state index is -0.673. The number of nitrogen functional groups attached to an aromatic ring is 1. The molecule has 4 rings (SSSR count). The summed E-state index contributed by atoms with van der Waals surface area (Å²) >= 11 is 7.26. The van der Waals surface area contributed by atoms with Crippen molar-refractivity contribution < 1.29 is 13.9 Å². The minimum Gasteiger partial charge on any atom is -0.453 e. The lowest BCUT2D eigenvalue weighted by molar-refractivity contribution is 0.103. The van der Waals surface area contributed by atoms with Crippen LogP contribution in [-0.2, 0) is 0 Å². The molecule has 9 heteroatoms. The number of rotatable bonds is 5. The molecule has 0 spiro atoms. The third-order valence-electron chi connectivity index (χ3n) is 4.04. The Balaban J connectivity index is 1.48. The zero-order valence-electron chi connectivity index (χ0n) is 15.3. The third kappa shape index (κ3) is 4.24. The van der Waals surface area contributed by atoms with E-state index < -0.39 is 5.82 Å². The zero-order chi connectivity index (χ0) is 21.1. The summed E-state index contributed by atoms with van der Waals surface area (Å²) in [6.45, 7) is 0. The van der Waals surface area contributed by atoms with Gasteiger partial charge in [-0.1, -0.05) is 41.9 Å². The third-order valence-corrected chi connectivity index (χ3v) is 5.47. The number of nitrogens with one attached hydrogen (secondary N) is 1. The molecule has 2 heterocycles. The van der Waals surface area contributed by atoms with Crippen LogP contribution in [0.2, 0.25) is 5.02 Å². The van der Waals surface area contributed by atoms with E-state index in [9.17, 15) is 9.18 Å². The predicted octanol–water partition coefficient (Wildman–Crippen LogP) is 5.62. The second-order valence-corrected chi connectivity index (χ2v) is 7.51. The number of anilines is 2. The molecule has 2 aromatic carbocycles. The summed E-state index contributed by atoms with van der Waals surface area (Å²) in [4.78, 5) is 21.0. The van der Waals surface area contributed by atoms with Crippen LogP contribution in [0.1, 0.15) is 9.67 Å². The number of aromatic nitrogens is 2. The Kier molecular flexibility index (Phi) is 5.60. The number of ether oxygens (including phenoxy) is 1. The smallest absolute Gasteiger partial charge is 0.267 e. The summed E-state index contributed by atoms with van der Waals surface area (Å²) in [7, 11) is 0. The number of nitrogens with two attached hydrogens (primary N) is 1. The molecule has 30 heavy (non-hydrogen) atoms. The van der Waals surface area contributed by atoms with Crippen LogP contribution >= 0.6 is 22.9 Å². The standard InChI is InChI=1S/C21H14ClFN4O2S/c22-18-16(8-9-25-19(18)24)29-15-7-6-13(10-14(15)23)27-20(28)17-11-26-21(30-17)12-4-2-1-3-5-12/h1-11H,(H2,24,25)(H,27,28). The quantitative estimate of drug-likeness (QED) is 0.420. The van der Waals surface area contributed by atoms with Gasteiger partial charge in [-0.15, -0.1) is 11.3 Å². The van der Waals surface area contributed by atoms with E-state index in [0.29, 0.717) is 4.88 Å². The van der Waals surface area contributed by atoms with Gasteiger partial charge in [0.05, 0.1) is 6.20 Å². The number of nitrogens with zero attached hydrogens (tertiary/aromatic N) is 2. The molecule has 0 aliphatic heterocycles. The first-order valence-corrected chi connectivity index (χ1v) is 9.90. The minimum absolute atomic E-state index is 0.0651. The van der Waals surface area contributed by atoms with Crippen molar-refractivity contribution in [3.05, 3.63) is 82.7 Å². The van der Waals surface area contributed by atoms with Crippen LogP contribution in [0.5, 0.6) is 11.5 Å².